The predicted molar refractivity (Wildman–Crippen MR) is 131 cm³/mol. The summed E-state index contributed by atoms with van der Waals surface area (Å²) in [5.74, 6) is 0.345. The molecule has 1 aromatic heterocycles. The number of hydrogen-bond acceptors (Lipinski definition) is 5. The third-order valence-corrected chi connectivity index (χ3v) is 6.95. The Hall–Kier alpha value is -3.23. The van der Waals surface area contributed by atoms with Gasteiger partial charge in [-0.2, -0.15) is 0 Å². The maximum atomic E-state index is 12.3. The number of benzene rings is 2. The van der Waals surface area contributed by atoms with Crippen molar-refractivity contribution in [3.63, 3.8) is 0 Å². The van der Waals surface area contributed by atoms with E-state index in [1.807, 2.05) is 12.1 Å². The van der Waals surface area contributed by atoms with Gasteiger partial charge in [-0.05, 0) is 54.2 Å². The number of aliphatic imine (C=N–C) groups is 1. The number of fused-ring (bicyclic) bond motifs is 1. The molecule has 0 saturated heterocycles. The zero-order valence-corrected chi connectivity index (χ0v) is 19.0. The molecule has 1 heterocycles. The van der Waals surface area contributed by atoms with E-state index in [4.69, 9.17) is 5.14 Å². The summed E-state index contributed by atoms with van der Waals surface area (Å²) in [4.78, 5) is 19.2. The summed E-state index contributed by atoms with van der Waals surface area (Å²) in [6.07, 6.45) is 12.1. The molecule has 0 atom stereocenters. The van der Waals surface area contributed by atoms with Crippen molar-refractivity contribution in [3.05, 3.63) is 75.6 Å². The second-order valence-corrected chi connectivity index (χ2v) is 10.00. The summed E-state index contributed by atoms with van der Waals surface area (Å²) in [7, 11) is -3.74. The lowest BCUT2D eigenvalue weighted by Crippen LogP contribution is -2.11. The van der Waals surface area contributed by atoms with E-state index in [9.17, 15) is 18.3 Å². The summed E-state index contributed by atoms with van der Waals surface area (Å²) in [5, 5.41) is 16.6. The van der Waals surface area contributed by atoms with Crippen LogP contribution in [0.3, 0.4) is 0 Å². The number of rotatable bonds is 6. The second-order valence-electron chi connectivity index (χ2n) is 8.44. The SMILES string of the molecule is NS(=O)(=O)c1ccc(CN=Cc2c(O)[nH]c(=O)c3ccc(C=CC4CCCCC4)cc23)cc1. The van der Waals surface area contributed by atoms with Crippen molar-refractivity contribution in [2.24, 2.45) is 16.0 Å². The number of aromatic amines is 1. The third kappa shape index (κ3) is 5.58. The Morgan fingerprint density at radius 3 is 2.48 bits per heavy atom. The lowest BCUT2D eigenvalue weighted by molar-refractivity contribution is 0.420. The van der Waals surface area contributed by atoms with Gasteiger partial charge in [-0.25, -0.2) is 13.6 Å². The highest BCUT2D eigenvalue weighted by Crippen LogP contribution is 2.27. The first-order chi connectivity index (χ1) is 15.8. The molecule has 2 aromatic carbocycles. The average Bonchev–Trinajstić information content (AvgIpc) is 2.80. The molecule has 1 fully saturated rings. The molecule has 4 N–H and O–H groups in total. The number of sulfonamides is 1. The van der Waals surface area contributed by atoms with Gasteiger partial charge in [0.05, 0.1) is 17.0 Å². The van der Waals surface area contributed by atoms with Gasteiger partial charge in [-0.1, -0.05) is 49.6 Å². The number of primary sulfonamides is 1. The van der Waals surface area contributed by atoms with Gasteiger partial charge < -0.3 is 5.11 Å². The topological polar surface area (TPSA) is 126 Å². The zero-order chi connectivity index (χ0) is 23.4. The number of nitrogens with two attached hydrogens (primary N) is 1. The van der Waals surface area contributed by atoms with Crippen molar-refractivity contribution in [3.8, 4) is 5.88 Å². The van der Waals surface area contributed by atoms with Crippen molar-refractivity contribution in [1.82, 2.24) is 4.98 Å². The van der Waals surface area contributed by atoms with Crippen LogP contribution in [-0.4, -0.2) is 24.7 Å². The van der Waals surface area contributed by atoms with Crippen LogP contribution in [0, 0.1) is 5.92 Å². The quantitative estimate of drug-likeness (QED) is 0.474. The number of pyridine rings is 1. The number of allylic oxidation sites excluding steroid dienone is 1. The Bertz CT molecular complexity index is 1370. The average molecular weight is 466 g/mol. The first-order valence-electron chi connectivity index (χ1n) is 11.0. The summed E-state index contributed by atoms with van der Waals surface area (Å²) in [6.45, 7) is 0.270. The molecule has 3 aromatic rings. The minimum atomic E-state index is -3.74. The molecule has 0 spiro atoms. The standard InChI is InChI=1S/C25H27N3O4S/c26-33(31,32)20-11-8-19(9-12-20)15-27-16-23-22-14-18(7-6-17-4-2-1-3-5-17)10-13-21(22)24(29)28-25(23)30/h6-14,16-17H,1-5,15H2,(H2,26,31,32)(H2,28,29,30). The van der Waals surface area contributed by atoms with Crippen molar-refractivity contribution in [1.29, 1.82) is 0 Å². The van der Waals surface area contributed by atoms with Crippen LogP contribution in [0.25, 0.3) is 16.8 Å². The van der Waals surface area contributed by atoms with Gasteiger partial charge in [-0.3, -0.25) is 14.8 Å². The fourth-order valence-electron chi connectivity index (χ4n) is 4.19. The van der Waals surface area contributed by atoms with Crippen LogP contribution in [-0.2, 0) is 16.6 Å². The highest BCUT2D eigenvalue weighted by molar-refractivity contribution is 7.89. The molecule has 7 nitrogen and oxygen atoms in total. The Kier molecular flexibility index (Phi) is 6.76. The van der Waals surface area contributed by atoms with E-state index < -0.39 is 10.0 Å². The smallest absolute Gasteiger partial charge is 0.258 e. The summed E-state index contributed by atoms with van der Waals surface area (Å²) in [6, 6.07) is 11.7. The summed E-state index contributed by atoms with van der Waals surface area (Å²) < 4.78 is 22.8. The van der Waals surface area contributed by atoms with E-state index in [-0.39, 0.29) is 22.9 Å². The number of aromatic nitrogens is 1. The first-order valence-corrected chi connectivity index (χ1v) is 12.5. The fraction of sp³-hybridized carbons (Fsp3) is 0.280. The van der Waals surface area contributed by atoms with Gasteiger partial charge in [-0.15, -0.1) is 0 Å². The number of hydrogen-bond donors (Lipinski definition) is 3. The zero-order valence-electron chi connectivity index (χ0n) is 18.2. The molecule has 33 heavy (non-hydrogen) atoms. The fourth-order valence-corrected chi connectivity index (χ4v) is 4.70. The summed E-state index contributed by atoms with van der Waals surface area (Å²) in [5.41, 5.74) is 1.81. The molecule has 0 aliphatic heterocycles. The van der Waals surface area contributed by atoms with Crippen molar-refractivity contribution in [2.45, 2.75) is 43.5 Å². The van der Waals surface area contributed by atoms with E-state index in [0.29, 0.717) is 22.3 Å². The molecule has 172 valence electrons. The largest absolute Gasteiger partial charge is 0.494 e. The molecule has 0 bridgehead atoms. The van der Waals surface area contributed by atoms with Crippen LogP contribution in [0.1, 0.15) is 48.8 Å². The molecule has 1 aliphatic carbocycles. The first kappa shape index (κ1) is 22.9. The van der Waals surface area contributed by atoms with Crippen LogP contribution in [0.4, 0.5) is 0 Å². The molecule has 1 aliphatic rings. The van der Waals surface area contributed by atoms with Gasteiger partial charge in [0.2, 0.25) is 15.9 Å². The number of nitrogens with one attached hydrogen (secondary N) is 1. The second kappa shape index (κ2) is 9.72. The Labute approximate surface area is 192 Å². The normalized spacial score (nSPS) is 15.7. The van der Waals surface area contributed by atoms with Crippen LogP contribution in [0.15, 0.2) is 63.2 Å². The lowest BCUT2D eigenvalue weighted by Gasteiger charge is -2.17. The molecule has 0 amide bonds. The van der Waals surface area contributed by atoms with E-state index in [2.05, 4.69) is 22.1 Å². The van der Waals surface area contributed by atoms with Gasteiger partial charge in [0.25, 0.3) is 5.56 Å². The third-order valence-electron chi connectivity index (χ3n) is 6.02. The van der Waals surface area contributed by atoms with Gasteiger partial charge >= 0.3 is 0 Å². The Morgan fingerprint density at radius 1 is 1.06 bits per heavy atom. The molecule has 1 saturated carbocycles. The van der Waals surface area contributed by atoms with E-state index >= 15 is 0 Å². The van der Waals surface area contributed by atoms with Gasteiger partial charge in [0.15, 0.2) is 0 Å². The highest BCUT2D eigenvalue weighted by Gasteiger charge is 2.12. The minimum absolute atomic E-state index is 0.0355. The molecular weight excluding hydrogens is 438 g/mol. The monoisotopic (exact) mass is 465 g/mol. The van der Waals surface area contributed by atoms with Gasteiger partial charge in [0.1, 0.15) is 0 Å². The number of aromatic hydroxyl groups is 1. The van der Waals surface area contributed by atoms with E-state index in [1.54, 1.807) is 18.2 Å². The maximum absolute atomic E-state index is 12.3. The molecule has 0 radical (unpaired) electrons. The van der Waals surface area contributed by atoms with Crippen molar-refractivity contribution < 1.29 is 13.5 Å². The van der Waals surface area contributed by atoms with Crippen molar-refractivity contribution >= 4 is 33.1 Å². The molecule has 4 rings (SSSR count). The van der Waals surface area contributed by atoms with Gasteiger partial charge in [0, 0.05) is 17.0 Å². The number of nitrogens with zero attached hydrogens (tertiary/aromatic N) is 1. The van der Waals surface area contributed by atoms with E-state index in [1.165, 1.54) is 50.5 Å². The number of H-pyrrole nitrogens is 1. The summed E-state index contributed by atoms with van der Waals surface area (Å²) >= 11 is 0. The van der Waals surface area contributed by atoms with Crippen LogP contribution >= 0.6 is 0 Å². The Morgan fingerprint density at radius 2 is 1.79 bits per heavy atom. The van der Waals surface area contributed by atoms with E-state index in [0.717, 1.165) is 11.1 Å². The minimum Gasteiger partial charge on any atom is -0.494 e. The molecule has 0 unspecified atom stereocenters. The van der Waals surface area contributed by atoms with Crippen LogP contribution in [0.2, 0.25) is 0 Å². The van der Waals surface area contributed by atoms with Crippen molar-refractivity contribution in [2.75, 3.05) is 0 Å². The van der Waals surface area contributed by atoms with Crippen LogP contribution < -0.4 is 10.7 Å². The highest BCUT2D eigenvalue weighted by atomic mass is 32.2. The van der Waals surface area contributed by atoms with Crippen LogP contribution in [0.5, 0.6) is 5.88 Å². The molecule has 8 heteroatoms. The lowest BCUT2D eigenvalue weighted by atomic mass is 9.88. The predicted octanol–water partition coefficient (Wildman–Crippen LogP) is 4.09. The Balaban J connectivity index is 1.60. The maximum Gasteiger partial charge on any atom is 0.258 e. The molecular formula is C25H27N3O4S.